The number of carboxylic acids is 1. The molecule has 1 N–H and O–H groups in total. The van der Waals surface area contributed by atoms with Crippen molar-refractivity contribution in [1.82, 2.24) is 14.8 Å². The van der Waals surface area contributed by atoms with Gasteiger partial charge >= 0.3 is 5.97 Å². The molecule has 1 aliphatic carbocycles. The molecule has 6 nitrogen and oxygen atoms in total. The van der Waals surface area contributed by atoms with E-state index in [2.05, 4.69) is 40.4 Å². The molecule has 1 aromatic heterocycles. The fourth-order valence-corrected chi connectivity index (χ4v) is 2.94. The minimum absolute atomic E-state index is 0.0301. The van der Waals surface area contributed by atoms with Crippen LogP contribution in [0.15, 0.2) is 5.16 Å². The summed E-state index contributed by atoms with van der Waals surface area (Å²) in [7, 11) is 0. The first-order valence-corrected chi connectivity index (χ1v) is 8.59. The van der Waals surface area contributed by atoms with Crippen LogP contribution in [0.4, 0.5) is 5.95 Å². The lowest BCUT2D eigenvalue weighted by molar-refractivity contribution is -0.133. The molecule has 0 radical (unpaired) electrons. The van der Waals surface area contributed by atoms with Crippen molar-refractivity contribution in [2.75, 3.05) is 23.7 Å². The van der Waals surface area contributed by atoms with E-state index in [-0.39, 0.29) is 5.75 Å². The third-order valence-corrected chi connectivity index (χ3v) is 4.70. The van der Waals surface area contributed by atoms with Crippen LogP contribution in [-0.4, -0.2) is 44.7 Å². The predicted molar refractivity (Wildman–Crippen MR) is 84.0 cm³/mol. The van der Waals surface area contributed by atoms with Gasteiger partial charge in [-0.2, -0.15) is 0 Å². The van der Waals surface area contributed by atoms with Gasteiger partial charge in [0.25, 0.3) is 0 Å². The molecule has 0 aromatic carbocycles. The van der Waals surface area contributed by atoms with Gasteiger partial charge in [0, 0.05) is 19.1 Å². The minimum Gasteiger partial charge on any atom is -0.481 e. The van der Waals surface area contributed by atoms with Crippen molar-refractivity contribution in [2.24, 2.45) is 5.92 Å². The normalized spacial score (nSPS) is 16.0. The van der Waals surface area contributed by atoms with Gasteiger partial charge in [0.15, 0.2) is 5.16 Å². The van der Waals surface area contributed by atoms with E-state index >= 15 is 0 Å². The molecule has 7 heteroatoms. The zero-order valence-electron chi connectivity index (χ0n) is 12.9. The second kappa shape index (κ2) is 7.15. The SMILES string of the molecule is CCC(C)CN(CC)c1nnc(SCC(=O)O)n1C1CC1. The third-order valence-electron chi connectivity index (χ3n) is 3.78. The monoisotopic (exact) mass is 312 g/mol. The molecule has 21 heavy (non-hydrogen) atoms. The van der Waals surface area contributed by atoms with Crippen molar-refractivity contribution in [3.63, 3.8) is 0 Å². The average Bonchev–Trinajstić information content (AvgIpc) is 3.22. The molecule has 0 amide bonds. The van der Waals surface area contributed by atoms with Gasteiger partial charge in [-0.3, -0.25) is 9.36 Å². The van der Waals surface area contributed by atoms with Crippen LogP contribution in [0.1, 0.15) is 46.1 Å². The van der Waals surface area contributed by atoms with Crippen molar-refractivity contribution in [3.8, 4) is 0 Å². The molecule has 1 unspecified atom stereocenters. The van der Waals surface area contributed by atoms with E-state index < -0.39 is 5.97 Å². The number of aliphatic carboxylic acids is 1. The summed E-state index contributed by atoms with van der Waals surface area (Å²) in [5.41, 5.74) is 0. The molecule has 0 saturated heterocycles. The molecule has 0 spiro atoms. The van der Waals surface area contributed by atoms with Crippen molar-refractivity contribution < 1.29 is 9.90 Å². The molecule has 0 aliphatic heterocycles. The Balaban J connectivity index is 2.19. The quantitative estimate of drug-likeness (QED) is 0.707. The van der Waals surface area contributed by atoms with E-state index in [1.807, 2.05) is 0 Å². The van der Waals surface area contributed by atoms with E-state index in [1.165, 1.54) is 11.8 Å². The Morgan fingerprint density at radius 1 is 1.48 bits per heavy atom. The van der Waals surface area contributed by atoms with Crippen LogP contribution in [0, 0.1) is 5.92 Å². The van der Waals surface area contributed by atoms with Crippen LogP contribution < -0.4 is 4.90 Å². The van der Waals surface area contributed by atoms with E-state index in [0.717, 1.165) is 43.5 Å². The summed E-state index contributed by atoms with van der Waals surface area (Å²) in [5.74, 6) is 0.707. The Kier molecular flexibility index (Phi) is 5.50. The summed E-state index contributed by atoms with van der Waals surface area (Å²) >= 11 is 1.26. The van der Waals surface area contributed by atoms with E-state index in [9.17, 15) is 4.79 Å². The topological polar surface area (TPSA) is 71.2 Å². The Morgan fingerprint density at radius 2 is 2.19 bits per heavy atom. The second-order valence-electron chi connectivity index (χ2n) is 5.62. The number of aromatic nitrogens is 3. The maximum absolute atomic E-state index is 10.8. The van der Waals surface area contributed by atoms with Crippen LogP contribution in [0.2, 0.25) is 0 Å². The highest BCUT2D eigenvalue weighted by molar-refractivity contribution is 7.99. The summed E-state index contributed by atoms with van der Waals surface area (Å²) in [6.07, 6.45) is 3.40. The van der Waals surface area contributed by atoms with Crippen LogP contribution >= 0.6 is 11.8 Å². The summed E-state index contributed by atoms with van der Waals surface area (Å²) < 4.78 is 2.14. The lowest BCUT2D eigenvalue weighted by Crippen LogP contribution is -2.30. The van der Waals surface area contributed by atoms with Crippen molar-refractivity contribution >= 4 is 23.7 Å². The molecule has 1 atom stereocenters. The predicted octanol–water partition coefficient (Wildman–Crippen LogP) is 2.66. The molecular formula is C14H24N4O2S. The molecule has 1 aromatic rings. The third kappa shape index (κ3) is 4.12. The summed E-state index contributed by atoms with van der Waals surface area (Å²) in [5, 5.41) is 18.1. The molecule has 1 aliphatic rings. The van der Waals surface area contributed by atoms with Gasteiger partial charge in [-0.25, -0.2) is 0 Å². The smallest absolute Gasteiger partial charge is 0.313 e. The van der Waals surface area contributed by atoms with Gasteiger partial charge in [-0.1, -0.05) is 32.0 Å². The average molecular weight is 312 g/mol. The summed E-state index contributed by atoms with van der Waals surface area (Å²) in [6.45, 7) is 8.40. The molecule has 118 valence electrons. The van der Waals surface area contributed by atoms with Gasteiger partial charge in [-0.15, -0.1) is 10.2 Å². The summed E-state index contributed by atoms with van der Waals surface area (Å²) in [4.78, 5) is 13.0. The largest absolute Gasteiger partial charge is 0.481 e. The maximum atomic E-state index is 10.8. The molecule has 0 bridgehead atoms. The highest BCUT2D eigenvalue weighted by Crippen LogP contribution is 2.41. The molecule has 1 saturated carbocycles. The maximum Gasteiger partial charge on any atom is 0.313 e. The van der Waals surface area contributed by atoms with E-state index in [4.69, 9.17) is 5.11 Å². The Labute approximate surface area is 129 Å². The van der Waals surface area contributed by atoms with E-state index in [0.29, 0.717) is 12.0 Å². The molecule has 1 heterocycles. The number of hydrogen-bond donors (Lipinski definition) is 1. The number of hydrogen-bond acceptors (Lipinski definition) is 5. The second-order valence-corrected chi connectivity index (χ2v) is 6.56. The highest BCUT2D eigenvalue weighted by atomic mass is 32.2. The summed E-state index contributed by atoms with van der Waals surface area (Å²) in [6, 6.07) is 0.442. The molecular weight excluding hydrogens is 288 g/mol. The number of rotatable bonds is 9. The standard InChI is InChI=1S/C14H24N4O2S/c1-4-10(3)8-17(5-2)13-15-16-14(21-9-12(19)20)18(13)11-6-7-11/h10-11H,4-9H2,1-3H3,(H,19,20). The van der Waals surface area contributed by atoms with Gasteiger partial charge in [0.05, 0.1) is 5.75 Å². The van der Waals surface area contributed by atoms with Gasteiger partial charge in [0.2, 0.25) is 5.95 Å². The van der Waals surface area contributed by atoms with Gasteiger partial charge in [0.1, 0.15) is 0 Å². The van der Waals surface area contributed by atoms with Crippen LogP contribution in [-0.2, 0) is 4.79 Å². The van der Waals surface area contributed by atoms with Gasteiger partial charge < -0.3 is 10.0 Å². The van der Waals surface area contributed by atoms with E-state index in [1.54, 1.807) is 0 Å². The Hall–Kier alpha value is -1.24. The zero-order valence-corrected chi connectivity index (χ0v) is 13.8. The van der Waals surface area contributed by atoms with Crippen molar-refractivity contribution in [3.05, 3.63) is 0 Å². The fourth-order valence-electron chi connectivity index (χ4n) is 2.22. The van der Waals surface area contributed by atoms with Gasteiger partial charge in [-0.05, 0) is 25.7 Å². The highest BCUT2D eigenvalue weighted by Gasteiger charge is 2.31. The lowest BCUT2D eigenvalue weighted by atomic mass is 10.1. The zero-order chi connectivity index (χ0) is 15.4. The number of nitrogens with zero attached hydrogens (tertiary/aromatic N) is 4. The number of carboxylic acid groups (broad SMARTS) is 1. The number of thioether (sulfide) groups is 1. The van der Waals surface area contributed by atoms with Crippen LogP contribution in [0.25, 0.3) is 0 Å². The first-order valence-electron chi connectivity index (χ1n) is 7.61. The Morgan fingerprint density at radius 3 is 2.71 bits per heavy atom. The number of carbonyl (C=O) groups is 1. The minimum atomic E-state index is -0.821. The lowest BCUT2D eigenvalue weighted by Gasteiger charge is -2.25. The van der Waals surface area contributed by atoms with Crippen molar-refractivity contribution in [2.45, 2.75) is 51.2 Å². The molecule has 2 rings (SSSR count). The number of anilines is 1. The first kappa shape index (κ1) is 16.1. The fraction of sp³-hybridized carbons (Fsp3) is 0.786. The van der Waals surface area contributed by atoms with Crippen LogP contribution in [0.5, 0.6) is 0 Å². The van der Waals surface area contributed by atoms with Crippen molar-refractivity contribution in [1.29, 1.82) is 0 Å². The molecule has 1 fully saturated rings. The van der Waals surface area contributed by atoms with Crippen LogP contribution in [0.3, 0.4) is 0 Å². The Bertz CT molecular complexity index is 487. The first-order chi connectivity index (χ1) is 10.1.